The van der Waals surface area contributed by atoms with Gasteiger partial charge in [-0.05, 0) is 56.6 Å². The fraction of sp³-hybridized carbons (Fsp3) is 0. The largest absolute Gasteiger partial charge is 0.276 e. The zero-order valence-corrected chi connectivity index (χ0v) is 28.7. The molecule has 0 radical (unpaired) electrons. The third-order valence-electron chi connectivity index (χ3n) is 10.6. The average molecular weight is 684 g/mol. The first-order valence-corrected chi connectivity index (χ1v) is 18.8. The Morgan fingerprint density at radius 1 is 0.431 bits per heavy atom. The molecule has 51 heavy (non-hydrogen) atoms. The number of para-hydroxylation sites is 1. The number of hydrogen-bond acceptors (Lipinski definition) is 4. The highest BCUT2D eigenvalue weighted by atomic mass is 32.1. The van der Waals surface area contributed by atoms with E-state index < -0.39 is 0 Å². The molecular formula is C46H25N3S2. The van der Waals surface area contributed by atoms with Gasteiger partial charge in [-0.25, -0.2) is 9.97 Å². The molecule has 0 unspecified atom stereocenters. The topological polar surface area (TPSA) is 30.7 Å². The van der Waals surface area contributed by atoms with Crippen molar-refractivity contribution in [2.75, 3.05) is 0 Å². The summed E-state index contributed by atoms with van der Waals surface area (Å²) < 4.78 is 6.11. The zero-order chi connectivity index (χ0) is 33.2. The lowest BCUT2D eigenvalue weighted by Gasteiger charge is -2.12. The molecule has 12 rings (SSSR count). The number of hydrogen-bond donors (Lipinski definition) is 0. The van der Waals surface area contributed by atoms with E-state index in [-0.39, 0.29) is 0 Å². The van der Waals surface area contributed by atoms with Crippen molar-refractivity contribution in [2.24, 2.45) is 0 Å². The van der Waals surface area contributed by atoms with Gasteiger partial charge in [0, 0.05) is 47.3 Å². The third-order valence-corrected chi connectivity index (χ3v) is 12.8. The zero-order valence-electron chi connectivity index (χ0n) is 27.1. The minimum absolute atomic E-state index is 0.697. The highest BCUT2D eigenvalue weighted by Crippen LogP contribution is 2.48. The maximum Gasteiger partial charge on any atom is 0.236 e. The smallest absolute Gasteiger partial charge is 0.236 e. The van der Waals surface area contributed by atoms with Crippen LogP contribution in [0.15, 0.2) is 152 Å². The lowest BCUT2D eigenvalue weighted by atomic mass is 9.98. The molecule has 4 aromatic heterocycles. The van der Waals surface area contributed by atoms with Crippen LogP contribution in [0.25, 0.3) is 112 Å². The van der Waals surface area contributed by atoms with Gasteiger partial charge in [-0.15, -0.1) is 22.7 Å². The van der Waals surface area contributed by atoms with Crippen LogP contribution in [0.1, 0.15) is 0 Å². The summed E-state index contributed by atoms with van der Waals surface area (Å²) in [5.41, 5.74) is 4.33. The van der Waals surface area contributed by atoms with Crippen molar-refractivity contribution in [1.82, 2.24) is 14.5 Å². The predicted molar refractivity (Wildman–Crippen MR) is 220 cm³/mol. The van der Waals surface area contributed by atoms with Gasteiger partial charge in [0.05, 0.1) is 21.4 Å². The average Bonchev–Trinajstić information content (AvgIpc) is 3.87. The van der Waals surface area contributed by atoms with E-state index in [1.54, 1.807) is 11.3 Å². The van der Waals surface area contributed by atoms with Gasteiger partial charge in [0.2, 0.25) is 5.95 Å². The molecule has 236 valence electrons. The van der Waals surface area contributed by atoms with E-state index in [2.05, 4.69) is 156 Å². The van der Waals surface area contributed by atoms with Crippen LogP contribution in [-0.2, 0) is 0 Å². The molecule has 0 aliphatic rings. The first-order chi connectivity index (χ1) is 25.3. The molecule has 0 saturated carbocycles. The Hall–Kier alpha value is -6.14. The Morgan fingerprint density at radius 2 is 1.04 bits per heavy atom. The molecule has 0 bridgehead atoms. The molecule has 0 atom stereocenters. The molecule has 0 aliphatic heterocycles. The Kier molecular flexibility index (Phi) is 5.53. The van der Waals surface area contributed by atoms with Crippen LogP contribution in [0.4, 0.5) is 0 Å². The highest BCUT2D eigenvalue weighted by molar-refractivity contribution is 7.27. The van der Waals surface area contributed by atoms with Crippen molar-refractivity contribution < 1.29 is 0 Å². The van der Waals surface area contributed by atoms with Crippen LogP contribution < -0.4 is 0 Å². The molecule has 12 aromatic rings. The summed E-state index contributed by atoms with van der Waals surface area (Å²) in [4.78, 5) is 12.1. The summed E-state index contributed by atoms with van der Waals surface area (Å²) in [5, 5.41) is 14.9. The molecule has 0 aliphatic carbocycles. The van der Waals surface area contributed by atoms with Crippen LogP contribution in [0.2, 0.25) is 0 Å². The van der Waals surface area contributed by atoms with E-state index in [4.69, 9.17) is 9.97 Å². The maximum atomic E-state index is 5.61. The third kappa shape index (κ3) is 3.77. The quantitative estimate of drug-likeness (QED) is 0.170. The SMILES string of the molecule is c1ccc2c(c1)ccc1cc(-c3nc(-n4c5ccccc5c5c6ccccc6c6c7ccccc7sc6c54)nc4sc5ccccc5c34)ccc12. The molecular weight excluding hydrogens is 659 g/mol. The van der Waals surface area contributed by atoms with Gasteiger partial charge in [-0.2, -0.15) is 0 Å². The first-order valence-electron chi connectivity index (χ1n) is 17.2. The fourth-order valence-electron chi connectivity index (χ4n) is 8.42. The predicted octanol–water partition coefficient (Wildman–Crippen LogP) is 13.4. The van der Waals surface area contributed by atoms with E-state index in [9.17, 15) is 0 Å². The lowest BCUT2D eigenvalue weighted by molar-refractivity contribution is 1.02. The summed E-state index contributed by atoms with van der Waals surface area (Å²) in [6.45, 7) is 0. The summed E-state index contributed by atoms with van der Waals surface area (Å²) >= 11 is 3.61. The number of nitrogens with zero attached hydrogens (tertiary/aromatic N) is 3. The molecule has 0 N–H and O–H groups in total. The summed E-state index contributed by atoms with van der Waals surface area (Å²) in [6, 6.07) is 55.0. The molecule has 5 heteroatoms. The van der Waals surface area contributed by atoms with Crippen molar-refractivity contribution in [3.05, 3.63) is 152 Å². The second-order valence-corrected chi connectivity index (χ2v) is 15.4. The van der Waals surface area contributed by atoms with Gasteiger partial charge in [-0.1, -0.05) is 127 Å². The number of aromatic nitrogens is 3. The fourth-order valence-corrected chi connectivity index (χ4v) is 10.7. The van der Waals surface area contributed by atoms with Crippen molar-refractivity contribution in [2.45, 2.75) is 0 Å². The Balaban J connectivity index is 1.25. The second kappa shape index (κ2) is 10.2. The minimum Gasteiger partial charge on any atom is -0.276 e. The lowest BCUT2D eigenvalue weighted by Crippen LogP contribution is -2.03. The minimum atomic E-state index is 0.697. The van der Waals surface area contributed by atoms with Crippen molar-refractivity contribution in [3.8, 4) is 17.2 Å². The highest BCUT2D eigenvalue weighted by Gasteiger charge is 2.24. The molecule has 3 nitrogen and oxygen atoms in total. The summed E-state index contributed by atoms with van der Waals surface area (Å²) in [5.74, 6) is 0.697. The molecule has 4 heterocycles. The number of benzene rings is 8. The number of thiophene rings is 2. The van der Waals surface area contributed by atoms with Gasteiger partial charge in [0.1, 0.15) is 4.83 Å². The van der Waals surface area contributed by atoms with Crippen LogP contribution in [0, 0.1) is 0 Å². The molecule has 8 aromatic carbocycles. The van der Waals surface area contributed by atoms with Gasteiger partial charge in [0.25, 0.3) is 0 Å². The standard InChI is InChI=1S/C46H25N3S2/c1-2-12-29-26(11-1)21-22-27-25-28(23-24-30(27)29)42-41-35-17-7-10-20-38(35)51-45(41)48-46(47-42)49-36-18-8-5-15-33(36)39-31-13-3-4-14-32(31)40-34-16-6-9-19-37(34)50-44(40)43(39)49/h1-25H. The van der Waals surface area contributed by atoms with E-state index in [0.717, 1.165) is 27.0 Å². The normalized spacial score (nSPS) is 12.3. The Bertz CT molecular complexity index is 3440. The molecule has 0 saturated heterocycles. The van der Waals surface area contributed by atoms with Crippen LogP contribution in [0.5, 0.6) is 0 Å². The summed E-state index contributed by atoms with van der Waals surface area (Å²) in [7, 11) is 0. The molecule has 0 fully saturated rings. The van der Waals surface area contributed by atoms with Gasteiger partial charge >= 0.3 is 0 Å². The number of rotatable bonds is 2. The second-order valence-electron chi connectivity index (χ2n) is 13.3. The maximum absolute atomic E-state index is 5.61. The van der Waals surface area contributed by atoms with E-state index in [1.807, 2.05) is 11.3 Å². The summed E-state index contributed by atoms with van der Waals surface area (Å²) in [6.07, 6.45) is 0. The molecule has 0 amide bonds. The van der Waals surface area contributed by atoms with E-state index in [0.29, 0.717) is 5.95 Å². The Labute approximate surface area is 299 Å². The van der Waals surface area contributed by atoms with Crippen LogP contribution in [0.3, 0.4) is 0 Å². The Morgan fingerprint density at radius 3 is 1.86 bits per heavy atom. The molecule has 0 spiro atoms. The van der Waals surface area contributed by atoms with E-state index in [1.165, 1.54) is 78.9 Å². The van der Waals surface area contributed by atoms with Crippen molar-refractivity contribution in [1.29, 1.82) is 0 Å². The first kappa shape index (κ1) is 27.7. The van der Waals surface area contributed by atoms with Crippen LogP contribution in [-0.4, -0.2) is 14.5 Å². The van der Waals surface area contributed by atoms with Crippen molar-refractivity contribution >= 4 is 117 Å². The van der Waals surface area contributed by atoms with Gasteiger partial charge in [-0.3, -0.25) is 4.57 Å². The van der Waals surface area contributed by atoms with E-state index >= 15 is 0 Å². The number of fused-ring (bicyclic) bond motifs is 16. The van der Waals surface area contributed by atoms with Crippen LogP contribution >= 0.6 is 22.7 Å². The van der Waals surface area contributed by atoms with Gasteiger partial charge in [0.15, 0.2) is 0 Å². The monoisotopic (exact) mass is 683 g/mol. The van der Waals surface area contributed by atoms with Gasteiger partial charge < -0.3 is 0 Å². The van der Waals surface area contributed by atoms with Crippen molar-refractivity contribution in [3.63, 3.8) is 0 Å².